The predicted molar refractivity (Wildman–Crippen MR) is 66.3 cm³/mol. The van der Waals surface area contributed by atoms with Gasteiger partial charge in [0.25, 0.3) is 0 Å². The van der Waals surface area contributed by atoms with Gasteiger partial charge in [0.1, 0.15) is 0 Å². The molecule has 1 saturated heterocycles. The van der Waals surface area contributed by atoms with E-state index in [0.717, 1.165) is 5.56 Å². The number of hydrogen-bond acceptors (Lipinski definition) is 4. The maximum absolute atomic E-state index is 11.7. The molecule has 5 nitrogen and oxygen atoms in total. The summed E-state index contributed by atoms with van der Waals surface area (Å²) in [6, 6.07) is 9.14. The van der Waals surface area contributed by atoms with Crippen LogP contribution in [0.5, 0.6) is 0 Å². The quantitative estimate of drug-likeness (QED) is 0.836. The van der Waals surface area contributed by atoms with Crippen molar-refractivity contribution in [3.05, 3.63) is 35.9 Å². The van der Waals surface area contributed by atoms with Crippen molar-refractivity contribution in [1.82, 2.24) is 0 Å². The number of aliphatic carboxylic acids is 1. The molecule has 1 heterocycles. The van der Waals surface area contributed by atoms with Crippen LogP contribution in [0.1, 0.15) is 19.4 Å². The van der Waals surface area contributed by atoms with Gasteiger partial charge in [-0.25, -0.2) is 4.79 Å². The van der Waals surface area contributed by atoms with Crippen LogP contribution < -0.4 is 0 Å². The zero-order valence-corrected chi connectivity index (χ0v) is 10.8. The van der Waals surface area contributed by atoms with Crippen LogP contribution >= 0.6 is 0 Å². The Labute approximate surface area is 111 Å². The topological polar surface area (TPSA) is 72.8 Å². The van der Waals surface area contributed by atoms with Crippen LogP contribution in [0.2, 0.25) is 0 Å². The molecule has 19 heavy (non-hydrogen) atoms. The van der Waals surface area contributed by atoms with Crippen molar-refractivity contribution in [3.63, 3.8) is 0 Å². The molecular weight excluding hydrogens is 248 g/mol. The minimum absolute atomic E-state index is 0.228. The van der Waals surface area contributed by atoms with E-state index in [4.69, 9.17) is 9.47 Å². The van der Waals surface area contributed by atoms with Crippen LogP contribution in [0.4, 0.5) is 0 Å². The molecular formula is C14H16O5. The van der Waals surface area contributed by atoms with E-state index in [1.807, 2.05) is 30.3 Å². The number of benzene rings is 1. The predicted octanol–water partition coefficient (Wildman–Crippen LogP) is 1.61. The molecule has 102 valence electrons. The number of carboxylic acids is 1. The fourth-order valence-electron chi connectivity index (χ4n) is 2.12. The summed E-state index contributed by atoms with van der Waals surface area (Å²) in [6.45, 7) is 3.18. The van der Waals surface area contributed by atoms with Gasteiger partial charge in [0.05, 0.1) is 5.92 Å². The van der Waals surface area contributed by atoms with Crippen molar-refractivity contribution < 1.29 is 24.2 Å². The standard InChI is InChI=1S/C14H16O5/c1-14(2)18-11(13(17)19-14)10(12(15)16)8-9-6-4-3-5-7-9/h3-7,10-11H,8H2,1-2H3,(H,15,16)/t10-,11+/m1/s1. The molecule has 2 atom stereocenters. The van der Waals surface area contributed by atoms with Crippen molar-refractivity contribution in [1.29, 1.82) is 0 Å². The van der Waals surface area contributed by atoms with E-state index in [1.54, 1.807) is 13.8 Å². The number of esters is 1. The highest BCUT2D eigenvalue weighted by Gasteiger charge is 2.47. The Kier molecular flexibility index (Phi) is 3.57. The largest absolute Gasteiger partial charge is 0.481 e. The number of cyclic esters (lactones) is 1. The Morgan fingerprint density at radius 2 is 2.00 bits per heavy atom. The van der Waals surface area contributed by atoms with E-state index in [2.05, 4.69) is 0 Å². The zero-order valence-electron chi connectivity index (χ0n) is 10.8. The lowest BCUT2D eigenvalue weighted by Crippen LogP contribution is -2.35. The lowest BCUT2D eigenvalue weighted by Gasteiger charge is -2.19. The van der Waals surface area contributed by atoms with Crippen LogP contribution in [0.15, 0.2) is 30.3 Å². The monoisotopic (exact) mass is 264 g/mol. The van der Waals surface area contributed by atoms with Crippen LogP contribution in [0.25, 0.3) is 0 Å². The molecule has 1 aliphatic heterocycles. The summed E-state index contributed by atoms with van der Waals surface area (Å²) in [4.78, 5) is 23.1. The molecule has 1 aliphatic rings. The lowest BCUT2D eigenvalue weighted by atomic mass is 9.94. The van der Waals surface area contributed by atoms with E-state index in [-0.39, 0.29) is 6.42 Å². The Morgan fingerprint density at radius 1 is 1.37 bits per heavy atom. The van der Waals surface area contributed by atoms with Gasteiger partial charge < -0.3 is 14.6 Å². The number of carbonyl (C=O) groups excluding carboxylic acids is 1. The zero-order chi connectivity index (χ0) is 14.0. The van der Waals surface area contributed by atoms with Crippen LogP contribution in [0.3, 0.4) is 0 Å². The molecule has 0 amide bonds. The lowest BCUT2D eigenvalue weighted by molar-refractivity contribution is -0.163. The van der Waals surface area contributed by atoms with Gasteiger partial charge >= 0.3 is 11.9 Å². The molecule has 1 fully saturated rings. The van der Waals surface area contributed by atoms with Crippen LogP contribution in [0, 0.1) is 5.92 Å². The highest BCUT2D eigenvalue weighted by Crippen LogP contribution is 2.29. The first-order chi connectivity index (χ1) is 8.89. The average Bonchev–Trinajstić information content (AvgIpc) is 2.60. The molecule has 1 aromatic carbocycles. The molecule has 0 aromatic heterocycles. The van der Waals surface area contributed by atoms with Gasteiger partial charge in [-0.3, -0.25) is 4.79 Å². The van der Waals surface area contributed by atoms with E-state index in [9.17, 15) is 14.7 Å². The van der Waals surface area contributed by atoms with E-state index in [1.165, 1.54) is 0 Å². The first-order valence-electron chi connectivity index (χ1n) is 6.06. The maximum atomic E-state index is 11.7. The van der Waals surface area contributed by atoms with Crippen molar-refractivity contribution in [2.75, 3.05) is 0 Å². The first kappa shape index (κ1) is 13.5. The van der Waals surface area contributed by atoms with Gasteiger partial charge in [0, 0.05) is 13.8 Å². The fourth-order valence-corrected chi connectivity index (χ4v) is 2.12. The van der Waals surface area contributed by atoms with Crippen LogP contribution in [-0.4, -0.2) is 28.9 Å². The molecule has 0 bridgehead atoms. The number of carbonyl (C=O) groups is 2. The maximum Gasteiger partial charge on any atom is 0.338 e. The van der Waals surface area contributed by atoms with Gasteiger partial charge in [-0.2, -0.15) is 0 Å². The average molecular weight is 264 g/mol. The number of ether oxygens (including phenoxy) is 2. The van der Waals surface area contributed by atoms with E-state index >= 15 is 0 Å². The van der Waals surface area contributed by atoms with Crippen molar-refractivity contribution in [2.24, 2.45) is 5.92 Å². The Hall–Kier alpha value is -1.88. The first-order valence-corrected chi connectivity index (χ1v) is 6.06. The van der Waals surface area contributed by atoms with Crippen molar-refractivity contribution in [3.8, 4) is 0 Å². The van der Waals surface area contributed by atoms with Crippen molar-refractivity contribution >= 4 is 11.9 Å². The third-order valence-corrected chi connectivity index (χ3v) is 2.97. The van der Waals surface area contributed by atoms with Gasteiger partial charge in [-0.1, -0.05) is 30.3 Å². The fraction of sp³-hybridized carbons (Fsp3) is 0.429. The molecule has 0 unspecified atom stereocenters. The van der Waals surface area contributed by atoms with Crippen LogP contribution in [-0.2, 0) is 25.5 Å². The SMILES string of the molecule is CC1(C)OC(=O)[C@H]([C@@H](Cc2ccccc2)C(=O)O)O1. The number of rotatable bonds is 4. The molecule has 0 radical (unpaired) electrons. The molecule has 0 saturated carbocycles. The summed E-state index contributed by atoms with van der Waals surface area (Å²) in [5, 5.41) is 9.30. The number of carboxylic acid groups (broad SMARTS) is 1. The number of hydrogen-bond donors (Lipinski definition) is 1. The molecule has 0 spiro atoms. The van der Waals surface area contributed by atoms with Gasteiger partial charge in [0.15, 0.2) is 6.10 Å². The summed E-state index contributed by atoms with van der Waals surface area (Å²) in [5.41, 5.74) is 0.844. The third kappa shape index (κ3) is 3.12. The Morgan fingerprint density at radius 3 is 2.47 bits per heavy atom. The second kappa shape index (κ2) is 5.01. The van der Waals surface area contributed by atoms with Gasteiger partial charge in [0.2, 0.25) is 5.79 Å². The molecule has 5 heteroatoms. The van der Waals surface area contributed by atoms with Gasteiger partial charge in [-0.05, 0) is 12.0 Å². The molecule has 2 rings (SSSR count). The smallest absolute Gasteiger partial charge is 0.338 e. The third-order valence-electron chi connectivity index (χ3n) is 2.97. The Balaban J connectivity index is 2.18. The van der Waals surface area contributed by atoms with Gasteiger partial charge in [-0.15, -0.1) is 0 Å². The highest BCUT2D eigenvalue weighted by atomic mass is 16.8. The van der Waals surface area contributed by atoms with E-state index in [0.29, 0.717) is 0 Å². The second-order valence-electron chi connectivity index (χ2n) is 4.99. The summed E-state index contributed by atoms with van der Waals surface area (Å²) in [6.07, 6.45) is -0.834. The Bertz CT molecular complexity index is 480. The molecule has 0 aliphatic carbocycles. The summed E-state index contributed by atoms with van der Waals surface area (Å²) < 4.78 is 10.4. The highest BCUT2D eigenvalue weighted by molar-refractivity contribution is 5.84. The molecule has 1 N–H and O–H groups in total. The minimum atomic E-state index is -1.07. The summed E-state index contributed by atoms with van der Waals surface area (Å²) >= 11 is 0. The second-order valence-corrected chi connectivity index (χ2v) is 4.99. The summed E-state index contributed by atoms with van der Waals surface area (Å²) in [7, 11) is 0. The normalized spacial score (nSPS) is 22.8. The van der Waals surface area contributed by atoms with E-state index < -0.39 is 29.7 Å². The molecule has 1 aromatic rings. The van der Waals surface area contributed by atoms with Crippen molar-refractivity contribution in [2.45, 2.75) is 32.2 Å². The minimum Gasteiger partial charge on any atom is -0.481 e. The summed E-state index contributed by atoms with van der Waals surface area (Å²) in [5.74, 6) is -3.69.